The number of aromatic nitrogens is 2. The SMILES string of the molecule is COCCn1ncc(NC2CCCS(=O)(=O)C2)c(Br)c1=O. The molecule has 1 N–H and O–H groups in total. The Labute approximate surface area is 131 Å². The van der Waals surface area contributed by atoms with Crippen LogP contribution in [-0.2, 0) is 21.1 Å². The smallest absolute Gasteiger partial charge is 0.283 e. The van der Waals surface area contributed by atoms with Gasteiger partial charge in [-0.1, -0.05) is 0 Å². The maximum atomic E-state index is 12.1. The molecule has 1 aliphatic rings. The summed E-state index contributed by atoms with van der Waals surface area (Å²) in [4.78, 5) is 12.1. The van der Waals surface area contributed by atoms with Gasteiger partial charge in [-0.05, 0) is 28.8 Å². The van der Waals surface area contributed by atoms with Crippen molar-refractivity contribution in [1.82, 2.24) is 9.78 Å². The molecule has 0 radical (unpaired) electrons. The minimum atomic E-state index is -2.99. The summed E-state index contributed by atoms with van der Waals surface area (Å²) in [5, 5.41) is 7.16. The van der Waals surface area contributed by atoms with Crippen molar-refractivity contribution in [3.8, 4) is 0 Å². The number of anilines is 1. The van der Waals surface area contributed by atoms with Crippen LogP contribution in [0.3, 0.4) is 0 Å². The molecule has 0 amide bonds. The van der Waals surface area contributed by atoms with Crippen molar-refractivity contribution >= 4 is 31.5 Å². The first-order chi connectivity index (χ1) is 9.93. The number of methoxy groups -OCH3 is 1. The van der Waals surface area contributed by atoms with E-state index in [2.05, 4.69) is 26.3 Å². The number of halogens is 1. The molecule has 1 fully saturated rings. The number of ether oxygens (including phenoxy) is 1. The molecule has 1 atom stereocenters. The number of rotatable bonds is 5. The van der Waals surface area contributed by atoms with Gasteiger partial charge in [0.25, 0.3) is 5.56 Å². The van der Waals surface area contributed by atoms with Gasteiger partial charge in [0.05, 0.1) is 36.5 Å². The van der Waals surface area contributed by atoms with E-state index in [0.29, 0.717) is 29.7 Å². The molecule has 2 heterocycles. The minimum absolute atomic E-state index is 0.0895. The Balaban J connectivity index is 2.14. The highest BCUT2D eigenvalue weighted by molar-refractivity contribution is 9.10. The fourth-order valence-corrected chi connectivity index (χ4v) is 4.32. The Morgan fingerprint density at radius 3 is 3.00 bits per heavy atom. The van der Waals surface area contributed by atoms with Gasteiger partial charge in [0.2, 0.25) is 0 Å². The zero-order valence-corrected chi connectivity index (χ0v) is 14.1. The van der Waals surface area contributed by atoms with Crippen LogP contribution in [0.2, 0.25) is 0 Å². The molecule has 0 spiro atoms. The predicted octanol–water partition coefficient (Wildman–Crippen LogP) is 0.641. The molecule has 1 aromatic heterocycles. The number of nitrogens with zero attached hydrogens (tertiary/aromatic N) is 2. The molecule has 2 rings (SSSR count). The molecule has 1 saturated heterocycles. The molecule has 9 heteroatoms. The number of hydrogen-bond donors (Lipinski definition) is 1. The van der Waals surface area contributed by atoms with E-state index in [4.69, 9.17) is 4.74 Å². The lowest BCUT2D eigenvalue weighted by molar-refractivity contribution is 0.181. The van der Waals surface area contributed by atoms with Crippen LogP contribution >= 0.6 is 15.9 Å². The first-order valence-electron chi connectivity index (χ1n) is 6.64. The normalized spacial score (nSPS) is 21.1. The summed E-state index contributed by atoms with van der Waals surface area (Å²) in [5.74, 6) is 0.329. The van der Waals surface area contributed by atoms with E-state index in [9.17, 15) is 13.2 Å². The van der Waals surface area contributed by atoms with Crippen LogP contribution in [0.1, 0.15) is 12.8 Å². The number of sulfone groups is 1. The molecular weight excluding hydrogens is 362 g/mol. The average molecular weight is 380 g/mol. The Morgan fingerprint density at radius 2 is 2.33 bits per heavy atom. The fourth-order valence-electron chi connectivity index (χ4n) is 2.26. The average Bonchev–Trinajstić information content (AvgIpc) is 2.42. The Bertz CT molecular complexity index is 659. The maximum Gasteiger partial charge on any atom is 0.283 e. The van der Waals surface area contributed by atoms with Crippen molar-refractivity contribution in [2.75, 3.05) is 30.5 Å². The molecule has 0 bridgehead atoms. The minimum Gasteiger partial charge on any atom is -0.383 e. The second-order valence-corrected chi connectivity index (χ2v) is 8.01. The van der Waals surface area contributed by atoms with E-state index >= 15 is 0 Å². The van der Waals surface area contributed by atoms with Crippen LogP contribution in [0.25, 0.3) is 0 Å². The highest BCUT2D eigenvalue weighted by atomic mass is 79.9. The monoisotopic (exact) mass is 379 g/mol. The van der Waals surface area contributed by atoms with Gasteiger partial charge in [0.1, 0.15) is 4.47 Å². The van der Waals surface area contributed by atoms with Crippen LogP contribution < -0.4 is 10.9 Å². The maximum absolute atomic E-state index is 12.1. The van der Waals surface area contributed by atoms with Gasteiger partial charge in [0.15, 0.2) is 9.84 Å². The summed E-state index contributed by atoms with van der Waals surface area (Å²) in [6.07, 6.45) is 2.93. The molecule has 0 saturated carbocycles. The van der Waals surface area contributed by atoms with Crippen LogP contribution in [0.5, 0.6) is 0 Å². The topological polar surface area (TPSA) is 90.3 Å². The molecule has 1 aliphatic heterocycles. The van der Waals surface area contributed by atoms with Crippen molar-refractivity contribution in [1.29, 1.82) is 0 Å². The third-order valence-corrected chi connectivity index (χ3v) is 5.90. The van der Waals surface area contributed by atoms with Gasteiger partial charge in [-0.3, -0.25) is 4.79 Å². The van der Waals surface area contributed by atoms with Gasteiger partial charge < -0.3 is 10.1 Å². The van der Waals surface area contributed by atoms with Crippen LogP contribution in [0.15, 0.2) is 15.5 Å². The Kier molecular flexibility index (Phi) is 5.39. The summed E-state index contributed by atoms with van der Waals surface area (Å²) in [6.45, 7) is 0.763. The van der Waals surface area contributed by atoms with E-state index in [1.165, 1.54) is 10.9 Å². The lowest BCUT2D eigenvalue weighted by Crippen LogP contribution is -2.36. The largest absolute Gasteiger partial charge is 0.383 e. The standard InChI is InChI=1S/C12H18BrN3O4S/c1-20-5-4-16-12(17)11(13)10(7-14-16)15-9-3-2-6-21(18,19)8-9/h7,9,15H,2-6,8H2,1H3. The second kappa shape index (κ2) is 6.89. The van der Waals surface area contributed by atoms with Crippen LogP contribution in [0.4, 0.5) is 5.69 Å². The summed E-state index contributed by atoms with van der Waals surface area (Å²) in [7, 11) is -1.44. The molecule has 1 unspecified atom stereocenters. The van der Waals surface area contributed by atoms with Crippen molar-refractivity contribution in [2.45, 2.75) is 25.4 Å². The first kappa shape index (κ1) is 16.4. The van der Waals surface area contributed by atoms with Gasteiger partial charge in [0, 0.05) is 13.2 Å². The third kappa shape index (κ3) is 4.27. The Morgan fingerprint density at radius 1 is 1.57 bits per heavy atom. The summed E-state index contributed by atoms with van der Waals surface area (Å²) in [6, 6.07) is -0.184. The van der Waals surface area contributed by atoms with Gasteiger partial charge in [-0.2, -0.15) is 5.10 Å². The van der Waals surface area contributed by atoms with Crippen molar-refractivity contribution in [3.05, 3.63) is 21.0 Å². The number of hydrogen-bond acceptors (Lipinski definition) is 6. The van der Waals surface area contributed by atoms with Crippen molar-refractivity contribution in [3.63, 3.8) is 0 Å². The van der Waals surface area contributed by atoms with Crippen LogP contribution in [-0.4, -0.2) is 49.5 Å². The van der Waals surface area contributed by atoms with E-state index in [1.54, 1.807) is 7.11 Å². The highest BCUT2D eigenvalue weighted by Crippen LogP contribution is 2.21. The lowest BCUT2D eigenvalue weighted by atomic mass is 10.2. The van der Waals surface area contributed by atoms with Crippen molar-refractivity contribution < 1.29 is 13.2 Å². The first-order valence-corrected chi connectivity index (χ1v) is 9.26. The summed E-state index contributed by atoms with van der Waals surface area (Å²) < 4.78 is 29.8. The molecule has 1 aromatic rings. The molecule has 0 aliphatic carbocycles. The Hall–Kier alpha value is -0.930. The molecular formula is C12H18BrN3O4S. The van der Waals surface area contributed by atoms with E-state index in [0.717, 1.165) is 6.42 Å². The van der Waals surface area contributed by atoms with Crippen molar-refractivity contribution in [2.24, 2.45) is 0 Å². The zero-order valence-electron chi connectivity index (χ0n) is 11.7. The zero-order chi connectivity index (χ0) is 15.5. The third-order valence-electron chi connectivity index (χ3n) is 3.31. The number of nitrogens with one attached hydrogen (secondary N) is 1. The molecule has 21 heavy (non-hydrogen) atoms. The van der Waals surface area contributed by atoms with Gasteiger partial charge in [-0.15, -0.1) is 0 Å². The quantitative estimate of drug-likeness (QED) is 0.807. The van der Waals surface area contributed by atoms with E-state index in [-0.39, 0.29) is 23.1 Å². The lowest BCUT2D eigenvalue weighted by Gasteiger charge is -2.24. The summed E-state index contributed by atoms with van der Waals surface area (Å²) in [5.41, 5.74) is 0.256. The van der Waals surface area contributed by atoms with E-state index < -0.39 is 9.84 Å². The van der Waals surface area contributed by atoms with Gasteiger partial charge >= 0.3 is 0 Å². The second-order valence-electron chi connectivity index (χ2n) is 4.99. The van der Waals surface area contributed by atoms with Crippen LogP contribution in [0, 0.1) is 0 Å². The predicted molar refractivity (Wildman–Crippen MR) is 83.4 cm³/mol. The van der Waals surface area contributed by atoms with Gasteiger partial charge in [-0.25, -0.2) is 13.1 Å². The molecule has 0 aromatic carbocycles. The summed E-state index contributed by atoms with van der Waals surface area (Å²) >= 11 is 3.25. The molecule has 118 valence electrons. The highest BCUT2D eigenvalue weighted by Gasteiger charge is 2.25. The van der Waals surface area contributed by atoms with E-state index in [1.807, 2.05) is 0 Å². The fraction of sp³-hybridized carbons (Fsp3) is 0.667. The molecule has 7 nitrogen and oxygen atoms in total.